The Balaban J connectivity index is 1.35. The van der Waals surface area contributed by atoms with Gasteiger partial charge in [-0.3, -0.25) is 4.79 Å². The van der Waals surface area contributed by atoms with E-state index in [2.05, 4.69) is 59.0 Å². The molecule has 4 rings (SSSR count). The highest BCUT2D eigenvalue weighted by Gasteiger charge is 2.43. The van der Waals surface area contributed by atoms with E-state index < -0.39 is 0 Å². The van der Waals surface area contributed by atoms with Crippen LogP contribution in [0.15, 0.2) is 35.7 Å². The molecule has 1 spiro atoms. The molecule has 0 saturated carbocycles. The fourth-order valence-corrected chi connectivity index (χ4v) is 5.50. The number of amides is 1. The maximum absolute atomic E-state index is 13.0. The third-order valence-electron chi connectivity index (χ3n) is 6.26. The molecule has 2 fully saturated rings. The highest BCUT2D eigenvalue weighted by atomic mass is 32.1. The first-order chi connectivity index (χ1) is 13.5. The van der Waals surface area contributed by atoms with Crippen LogP contribution in [0.4, 0.5) is 0 Å². The summed E-state index contributed by atoms with van der Waals surface area (Å²) in [6.07, 6.45) is 4.72. The number of benzene rings is 1. The van der Waals surface area contributed by atoms with Gasteiger partial charge in [0.2, 0.25) is 0 Å². The van der Waals surface area contributed by atoms with E-state index in [0.717, 1.165) is 44.0 Å². The van der Waals surface area contributed by atoms with Crippen LogP contribution in [0.1, 0.15) is 60.1 Å². The van der Waals surface area contributed by atoms with Crippen LogP contribution >= 0.6 is 11.3 Å². The molecule has 3 heterocycles. The molecular formula is C23H31N3OS. The number of hydrogen-bond acceptors (Lipinski definition) is 4. The molecule has 0 N–H and O–H groups in total. The van der Waals surface area contributed by atoms with Crippen molar-refractivity contribution in [3.63, 3.8) is 0 Å². The Morgan fingerprint density at radius 3 is 2.75 bits per heavy atom. The third-order valence-corrected chi connectivity index (χ3v) is 7.41. The van der Waals surface area contributed by atoms with Crippen LogP contribution in [-0.4, -0.2) is 53.4 Å². The summed E-state index contributed by atoms with van der Waals surface area (Å²) < 4.78 is 0. The number of piperidine rings is 1. The number of aromatic nitrogens is 1. The smallest absolute Gasteiger partial charge is 0.273 e. The number of carbonyl (C=O) groups excluding carboxylic acids is 1. The van der Waals surface area contributed by atoms with Gasteiger partial charge >= 0.3 is 0 Å². The summed E-state index contributed by atoms with van der Waals surface area (Å²) in [5.74, 6) is 0.509. The Bertz CT molecular complexity index is 803. The minimum atomic E-state index is 0.126. The molecule has 5 heteroatoms. The van der Waals surface area contributed by atoms with Crippen LogP contribution in [0.25, 0.3) is 0 Å². The standard InChI is InChI=1S/C23H31N3OS/c1-18(2)21-24-20(15-28-21)22(27)26-14-11-23(17-26)10-6-12-25(16-23)13-9-19-7-4-3-5-8-19/h3-5,7-8,15,18H,6,9-14,16-17H2,1-2H3. The molecule has 1 unspecified atom stereocenters. The maximum atomic E-state index is 13.0. The van der Waals surface area contributed by atoms with Gasteiger partial charge in [-0.2, -0.15) is 0 Å². The molecule has 150 valence electrons. The highest BCUT2D eigenvalue weighted by Crippen LogP contribution is 2.39. The number of thiazole rings is 1. The van der Waals surface area contributed by atoms with Gasteiger partial charge in [-0.25, -0.2) is 4.98 Å². The monoisotopic (exact) mass is 397 g/mol. The van der Waals surface area contributed by atoms with Gasteiger partial charge in [-0.05, 0) is 37.8 Å². The zero-order valence-corrected chi connectivity index (χ0v) is 17.9. The summed E-state index contributed by atoms with van der Waals surface area (Å²) in [4.78, 5) is 22.2. The zero-order valence-electron chi connectivity index (χ0n) is 17.1. The average molecular weight is 398 g/mol. The third kappa shape index (κ3) is 4.31. The van der Waals surface area contributed by atoms with Crippen LogP contribution < -0.4 is 0 Å². The maximum Gasteiger partial charge on any atom is 0.273 e. The Morgan fingerprint density at radius 2 is 2.00 bits per heavy atom. The van der Waals surface area contributed by atoms with E-state index in [-0.39, 0.29) is 11.3 Å². The van der Waals surface area contributed by atoms with Crippen molar-refractivity contribution >= 4 is 17.2 Å². The predicted molar refractivity (Wildman–Crippen MR) is 115 cm³/mol. The second-order valence-corrected chi connectivity index (χ2v) is 9.71. The number of rotatable bonds is 5. The van der Waals surface area contributed by atoms with Crippen molar-refractivity contribution in [1.29, 1.82) is 0 Å². The number of likely N-dealkylation sites (tertiary alicyclic amines) is 2. The van der Waals surface area contributed by atoms with Crippen molar-refractivity contribution in [2.24, 2.45) is 5.41 Å². The van der Waals surface area contributed by atoms with Crippen molar-refractivity contribution in [2.45, 2.75) is 45.4 Å². The molecule has 28 heavy (non-hydrogen) atoms. The van der Waals surface area contributed by atoms with Gasteiger partial charge in [0.05, 0.1) is 5.01 Å². The van der Waals surface area contributed by atoms with Gasteiger partial charge in [0, 0.05) is 42.9 Å². The van der Waals surface area contributed by atoms with Crippen LogP contribution in [0.5, 0.6) is 0 Å². The normalized spacial score (nSPS) is 23.0. The van der Waals surface area contributed by atoms with Crippen molar-refractivity contribution in [3.05, 3.63) is 52.0 Å². The molecule has 4 nitrogen and oxygen atoms in total. The van der Waals surface area contributed by atoms with Crippen molar-refractivity contribution < 1.29 is 4.79 Å². The molecule has 2 saturated heterocycles. The molecule has 0 bridgehead atoms. The van der Waals surface area contributed by atoms with E-state index >= 15 is 0 Å². The molecule has 1 amide bonds. The molecule has 1 aromatic heterocycles. The van der Waals surface area contributed by atoms with Crippen LogP contribution in [0, 0.1) is 5.41 Å². The molecule has 1 atom stereocenters. The molecule has 2 aliphatic rings. The van der Waals surface area contributed by atoms with Gasteiger partial charge < -0.3 is 9.80 Å². The lowest BCUT2D eigenvalue weighted by Gasteiger charge is -2.40. The molecule has 0 aliphatic carbocycles. The quantitative estimate of drug-likeness (QED) is 0.748. The van der Waals surface area contributed by atoms with Gasteiger partial charge in [-0.15, -0.1) is 11.3 Å². The van der Waals surface area contributed by atoms with E-state index in [0.29, 0.717) is 11.6 Å². The minimum absolute atomic E-state index is 0.126. The van der Waals surface area contributed by atoms with Crippen LogP contribution in [0.3, 0.4) is 0 Å². The minimum Gasteiger partial charge on any atom is -0.337 e. The fourth-order valence-electron chi connectivity index (χ4n) is 4.69. The van der Waals surface area contributed by atoms with E-state index in [1.165, 1.54) is 24.9 Å². The molecule has 0 radical (unpaired) electrons. The molecular weight excluding hydrogens is 366 g/mol. The Morgan fingerprint density at radius 1 is 1.18 bits per heavy atom. The van der Waals surface area contributed by atoms with Crippen molar-refractivity contribution in [1.82, 2.24) is 14.8 Å². The zero-order chi connectivity index (χ0) is 19.6. The SMILES string of the molecule is CC(C)c1nc(C(=O)N2CCC3(CCCN(CCc4ccccc4)C3)C2)cs1. The summed E-state index contributed by atoms with van der Waals surface area (Å²) >= 11 is 1.61. The number of carbonyl (C=O) groups is 1. The van der Waals surface area contributed by atoms with Crippen LogP contribution in [0.2, 0.25) is 0 Å². The molecule has 2 aliphatic heterocycles. The van der Waals surface area contributed by atoms with E-state index in [4.69, 9.17) is 0 Å². The van der Waals surface area contributed by atoms with Crippen LogP contribution in [-0.2, 0) is 6.42 Å². The first kappa shape index (κ1) is 19.6. The predicted octanol–water partition coefficient (Wildman–Crippen LogP) is 4.44. The number of nitrogens with zero attached hydrogens (tertiary/aromatic N) is 3. The van der Waals surface area contributed by atoms with Gasteiger partial charge in [0.1, 0.15) is 5.69 Å². The average Bonchev–Trinajstić information content (AvgIpc) is 3.35. The van der Waals surface area contributed by atoms with Gasteiger partial charge in [0.25, 0.3) is 5.91 Å². The number of hydrogen-bond donors (Lipinski definition) is 0. The van der Waals surface area contributed by atoms with E-state index in [1.807, 2.05) is 5.38 Å². The fraction of sp³-hybridized carbons (Fsp3) is 0.565. The summed E-state index contributed by atoms with van der Waals surface area (Å²) in [7, 11) is 0. The largest absolute Gasteiger partial charge is 0.337 e. The van der Waals surface area contributed by atoms with E-state index in [9.17, 15) is 4.79 Å². The summed E-state index contributed by atoms with van der Waals surface area (Å²) in [6.45, 7) is 9.45. The Kier molecular flexibility index (Phi) is 5.83. The first-order valence-corrected chi connectivity index (χ1v) is 11.4. The Hall–Kier alpha value is -1.72. The summed E-state index contributed by atoms with van der Waals surface area (Å²) in [5, 5.41) is 3.00. The second kappa shape index (κ2) is 8.34. The van der Waals surface area contributed by atoms with Gasteiger partial charge in [0.15, 0.2) is 0 Å². The Labute approximate surface area is 172 Å². The lowest BCUT2D eigenvalue weighted by molar-refractivity contribution is 0.0688. The molecule has 1 aromatic carbocycles. The van der Waals surface area contributed by atoms with Crippen molar-refractivity contribution in [2.75, 3.05) is 32.7 Å². The van der Waals surface area contributed by atoms with E-state index in [1.54, 1.807) is 11.3 Å². The summed E-state index contributed by atoms with van der Waals surface area (Å²) in [5.41, 5.74) is 2.33. The first-order valence-electron chi connectivity index (χ1n) is 10.6. The molecule has 2 aromatic rings. The second-order valence-electron chi connectivity index (χ2n) is 8.82. The lowest BCUT2D eigenvalue weighted by Crippen LogP contribution is -2.46. The summed E-state index contributed by atoms with van der Waals surface area (Å²) in [6, 6.07) is 10.8. The van der Waals surface area contributed by atoms with Crippen molar-refractivity contribution in [3.8, 4) is 0 Å². The lowest BCUT2D eigenvalue weighted by atomic mass is 9.79. The topological polar surface area (TPSA) is 36.4 Å². The van der Waals surface area contributed by atoms with Gasteiger partial charge in [-0.1, -0.05) is 44.2 Å². The highest BCUT2D eigenvalue weighted by molar-refractivity contribution is 7.09.